The van der Waals surface area contributed by atoms with Gasteiger partial charge in [-0.2, -0.15) is 0 Å². The maximum atomic E-state index is 4.93. The maximum Gasteiger partial charge on any atom is 0.160 e. The summed E-state index contributed by atoms with van der Waals surface area (Å²) in [5.41, 5.74) is 1.19. The Morgan fingerprint density at radius 2 is 2.57 bits per heavy atom. The molecule has 0 saturated carbocycles. The van der Waals surface area contributed by atoms with Crippen LogP contribution in [0.5, 0.6) is 0 Å². The van der Waals surface area contributed by atoms with Crippen LogP contribution in [-0.4, -0.2) is 18.7 Å². The topological polar surface area (TPSA) is 12.5 Å². The number of allylic oxidation sites excluding steroid dienone is 1. The SMILES string of the molecule is CC1=COCN1C. The molecule has 1 heterocycles. The van der Waals surface area contributed by atoms with E-state index in [2.05, 4.69) is 0 Å². The molecule has 1 aliphatic heterocycles. The fourth-order valence-corrected chi connectivity index (χ4v) is 0.461. The number of ether oxygens (including phenoxy) is 1. The van der Waals surface area contributed by atoms with Gasteiger partial charge in [0, 0.05) is 12.7 Å². The highest BCUT2D eigenvalue weighted by Crippen LogP contribution is 2.06. The van der Waals surface area contributed by atoms with E-state index >= 15 is 0 Å². The van der Waals surface area contributed by atoms with Gasteiger partial charge in [-0.3, -0.25) is 0 Å². The zero-order chi connectivity index (χ0) is 5.28. The van der Waals surface area contributed by atoms with Crippen molar-refractivity contribution in [3.8, 4) is 0 Å². The third-order valence-corrected chi connectivity index (χ3v) is 1.12. The van der Waals surface area contributed by atoms with E-state index in [1.807, 2.05) is 18.9 Å². The Hall–Kier alpha value is -0.660. The van der Waals surface area contributed by atoms with Crippen molar-refractivity contribution in [3.63, 3.8) is 0 Å². The molecule has 2 nitrogen and oxygen atoms in total. The molecule has 0 amide bonds. The molecule has 0 saturated heterocycles. The van der Waals surface area contributed by atoms with Gasteiger partial charge in [-0.15, -0.1) is 0 Å². The van der Waals surface area contributed by atoms with Crippen molar-refractivity contribution in [3.05, 3.63) is 12.0 Å². The van der Waals surface area contributed by atoms with E-state index in [9.17, 15) is 0 Å². The second kappa shape index (κ2) is 1.45. The molecule has 40 valence electrons. The van der Waals surface area contributed by atoms with Crippen LogP contribution in [0.4, 0.5) is 0 Å². The van der Waals surface area contributed by atoms with Crippen LogP contribution in [0.15, 0.2) is 12.0 Å². The molecular weight excluding hydrogens is 90.1 g/mol. The quantitative estimate of drug-likeness (QED) is 0.444. The van der Waals surface area contributed by atoms with Gasteiger partial charge in [0.2, 0.25) is 0 Å². The summed E-state index contributed by atoms with van der Waals surface area (Å²) in [6, 6.07) is 0. The molecule has 0 bridgehead atoms. The molecule has 0 fully saturated rings. The van der Waals surface area contributed by atoms with E-state index in [0.717, 1.165) is 0 Å². The van der Waals surface area contributed by atoms with Gasteiger partial charge in [0.05, 0.1) is 0 Å². The van der Waals surface area contributed by atoms with Crippen LogP contribution in [0, 0.1) is 0 Å². The lowest BCUT2D eigenvalue weighted by atomic mass is 10.5. The van der Waals surface area contributed by atoms with Crippen LogP contribution >= 0.6 is 0 Å². The van der Waals surface area contributed by atoms with Gasteiger partial charge in [-0.05, 0) is 6.92 Å². The number of nitrogens with zero attached hydrogens (tertiary/aromatic N) is 1. The van der Waals surface area contributed by atoms with E-state index in [1.54, 1.807) is 6.26 Å². The van der Waals surface area contributed by atoms with Gasteiger partial charge in [0.25, 0.3) is 0 Å². The minimum atomic E-state index is 0.714. The van der Waals surface area contributed by atoms with E-state index in [4.69, 9.17) is 4.74 Å². The molecule has 0 radical (unpaired) electrons. The van der Waals surface area contributed by atoms with Crippen molar-refractivity contribution < 1.29 is 4.74 Å². The zero-order valence-electron chi connectivity index (χ0n) is 4.64. The van der Waals surface area contributed by atoms with Crippen LogP contribution in [0.1, 0.15) is 6.92 Å². The Morgan fingerprint density at radius 3 is 2.71 bits per heavy atom. The van der Waals surface area contributed by atoms with Crippen molar-refractivity contribution in [2.75, 3.05) is 13.8 Å². The highest BCUT2D eigenvalue weighted by atomic mass is 16.5. The minimum Gasteiger partial charge on any atom is -0.479 e. The molecule has 2 heteroatoms. The molecule has 0 aromatic heterocycles. The summed E-state index contributed by atoms with van der Waals surface area (Å²) in [5, 5.41) is 0. The van der Waals surface area contributed by atoms with Crippen LogP contribution in [0.25, 0.3) is 0 Å². The average molecular weight is 99.1 g/mol. The third-order valence-electron chi connectivity index (χ3n) is 1.12. The summed E-state index contributed by atoms with van der Waals surface area (Å²) in [4.78, 5) is 2.04. The van der Waals surface area contributed by atoms with Gasteiger partial charge < -0.3 is 9.64 Å². The van der Waals surface area contributed by atoms with Crippen molar-refractivity contribution in [1.29, 1.82) is 0 Å². The molecule has 0 atom stereocenters. The first-order valence-electron chi connectivity index (χ1n) is 2.30. The number of hydrogen-bond acceptors (Lipinski definition) is 2. The number of rotatable bonds is 0. The smallest absolute Gasteiger partial charge is 0.160 e. The fourth-order valence-electron chi connectivity index (χ4n) is 0.461. The van der Waals surface area contributed by atoms with Crippen LogP contribution in [0.3, 0.4) is 0 Å². The van der Waals surface area contributed by atoms with E-state index in [1.165, 1.54) is 5.70 Å². The lowest BCUT2D eigenvalue weighted by Crippen LogP contribution is -2.10. The van der Waals surface area contributed by atoms with Crippen molar-refractivity contribution >= 4 is 0 Å². The lowest BCUT2D eigenvalue weighted by Gasteiger charge is -2.07. The minimum absolute atomic E-state index is 0.714. The summed E-state index contributed by atoms with van der Waals surface area (Å²) in [6.45, 7) is 2.73. The average Bonchev–Trinajstić information content (AvgIpc) is 1.91. The van der Waals surface area contributed by atoms with Crippen LogP contribution < -0.4 is 0 Å². The summed E-state index contributed by atoms with van der Waals surface area (Å²) in [7, 11) is 2.00. The highest BCUT2D eigenvalue weighted by Gasteiger charge is 2.03. The Morgan fingerprint density at radius 1 is 1.86 bits per heavy atom. The molecule has 1 aliphatic rings. The van der Waals surface area contributed by atoms with E-state index in [-0.39, 0.29) is 0 Å². The molecule has 0 spiro atoms. The maximum absolute atomic E-state index is 4.93. The Bertz CT molecular complexity index is 98.3. The molecule has 1 rings (SSSR count). The molecular formula is C5H9NO. The third kappa shape index (κ3) is 0.683. The van der Waals surface area contributed by atoms with E-state index in [0.29, 0.717) is 6.73 Å². The predicted molar refractivity (Wildman–Crippen MR) is 27.5 cm³/mol. The Balaban J connectivity index is 2.54. The summed E-state index contributed by atoms with van der Waals surface area (Å²) in [5.74, 6) is 0. The van der Waals surface area contributed by atoms with Gasteiger partial charge in [-0.1, -0.05) is 0 Å². The second-order valence-electron chi connectivity index (χ2n) is 1.75. The Kier molecular flexibility index (Phi) is 0.929. The first-order valence-corrected chi connectivity index (χ1v) is 2.30. The first-order chi connectivity index (χ1) is 3.30. The number of hydrogen-bond donors (Lipinski definition) is 0. The summed E-state index contributed by atoms with van der Waals surface area (Å²) >= 11 is 0. The van der Waals surface area contributed by atoms with Crippen molar-refractivity contribution in [2.24, 2.45) is 0 Å². The van der Waals surface area contributed by atoms with Gasteiger partial charge >= 0.3 is 0 Å². The predicted octanol–water partition coefficient (Wildman–Crippen LogP) is 0.767. The van der Waals surface area contributed by atoms with Gasteiger partial charge in [-0.25, -0.2) is 0 Å². The normalized spacial score (nSPS) is 19.1. The molecule has 0 unspecified atom stereocenters. The lowest BCUT2D eigenvalue weighted by molar-refractivity contribution is 0.187. The highest BCUT2D eigenvalue weighted by molar-refractivity contribution is 4.93. The largest absolute Gasteiger partial charge is 0.479 e. The van der Waals surface area contributed by atoms with Crippen molar-refractivity contribution in [2.45, 2.75) is 6.92 Å². The van der Waals surface area contributed by atoms with Gasteiger partial charge in [0.15, 0.2) is 6.73 Å². The zero-order valence-corrected chi connectivity index (χ0v) is 4.64. The molecule has 7 heavy (non-hydrogen) atoms. The van der Waals surface area contributed by atoms with Crippen LogP contribution in [0.2, 0.25) is 0 Å². The summed E-state index contributed by atoms with van der Waals surface area (Å²) < 4.78 is 4.93. The molecule has 0 aromatic carbocycles. The second-order valence-corrected chi connectivity index (χ2v) is 1.75. The van der Waals surface area contributed by atoms with E-state index < -0.39 is 0 Å². The van der Waals surface area contributed by atoms with Crippen molar-refractivity contribution in [1.82, 2.24) is 4.90 Å². The first kappa shape index (κ1) is 4.50. The Labute approximate surface area is 43.4 Å². The monoisotopic (exact) mass is 99.1 g/mol. The fraction of sp³-hybridized carbons (Fsp3) is 0.600. The summed E-state index contributed by atoms with van der Waals surface area (Å²) in [6.07, 6.45) is 1.76. The molecule has 0 aliphatic carbocycles. The standard InChI is InChI=1S/C5H9NO/c1-5-3-7-4-6(5)2/h3H,4H2,1-2H3. The molecule has 0 aromatic rings. The van der Waals surface area contributed by atoms with Gasteiger partial charge in [0.1, 0.15) is 6.26 Å². The van der Waals surface area contributed by atoms with Crippen LogP contribution in [-0.2, 0) is 4.74 Å². The molecule has 0 N–H and O–H groups in total.